The van der Waals surface area contributed by atoms with Gasteiger partial charge in [0.2, 0.25) is 0 Å². The maximum Gasteiger partial charge on any atom is 0.152 e. The molecule has 3 nitrogen and oxygen atoms in total. The number of unbranched alkanes of at least 4 members (excludes halogenated alkanes) is 1. The zero-order chi connectivity index (χ0) is 16.8. The molecule has 136 valence electrons. The van der Waals surface area contributed by atoms with Gasteiger partial charge in [-0.25, -0.2) is 4.99 Å². The molecule has 0 aliphatic carbocycles. The fourth-order valence-corrected chi connectivity index (χ4v) is 3.19. The normalized spacial score (nSPS) is 15.6. The Morgan fingerprint density at radius 2 is 1.79 bits per heavy atom. The molecule has 0 atom stereocenters. The third-order valence-corrected chi connectivity index (χ3v) is 4.42. The van der Waals surface area contributed by atoms with E-state index in [0.717, 1.165) is 31.0 Å². The van der Waals surface area contributed by atoms with E-state index in [1.807, 2.05) is 0 Å². The largest absolute Gasteiger partial charge is 0.355 e. The number of hydrogen-bond donors (Lipinski definition) is 1. The minimum Gasteiger partial charge on any atom is -0.355 e. The average molecular weight is 352 g/mol. The first-order valence-corrected chi connectivity index (χ1v) is 9.19. The maximum absolute atomic E-state index is 4.92. The van der Waals surface area contributed by atoms with Gasteiger partial charge in [-0.3, -0.25) is 0 Å². The number of nitrogens with zero attached hydrogens (tertiary/aromatic N) is 2. The Hall–Kier alpha value is -1.22. The first-order valence-electron chi connectivity index (χ1n) is 9.19. The number of aliphatic imine (C=N–C) groups is 1. The van der Waals surface area contributed by atoms with E-state index in [-0.39, 0.29) is 12.4 Å². The lowest BCUT2D eigenvalue weighted by Crippen LogP contribution is -2.37. The van der Waals surface area contributed by atoms with E-state index in [1.165, 1.54) is 53.9 Å². The molecule has 1 aliphatic rings. The minimum absolute atomic E-state index is 0. The summed E-state index contributed by atoms with van der Waals surface area (Å²) in [7, 11) is 0. The van der Waals surface area contributed by atoms with Crippen molar-refractivity contribution in [1.82, 2.24) is 9.88 Å². The predicted molar refractivity (Wildman–Crippen MR) is 108 cm³/mol. The van der Waals surface area contributed by atoms with Crippen LogP contribution in [-0.4, -0.2) is 28.7 Å². The highest BCUT2D eigenvalue weighted by Gasteiger charge is 2.15. The van der Waals surface area contributed by atoms with Crippen molar-refractivity contribution < 1.29 is 0 Å². The molecule has 1 aromatic heterocycles. The Kier molecular flexibility index (Phi) is 8.61. The molecule has 1 aromatic rings. The zero-order valence-corrected chi connectivity index (χ0v) is 16.9. The summed E-state index contributed by atoms with van der Waals surface area (Å²) >= 11 is 0. The van der Waals surface area contributed by atoms with Crippen LogP contribution in [0, 0.1) is 0 Å². The third kappa shape index (κ3) is 5.41. The van der Waals surface area contributed by atoms with Crippen LogP contribution in [0.4, 0.5) is 0 Å². The summed E-state index contributed by atoms with van der Waals surface area (Å²) in [6.45, 7) is 13.1. The van der Waals surface area contributed by atoms with Crippen molar-refractivity contribution >= 4 is 29.5 Å². The van der Waals surface area contributed by atoms with Gasteiger partial charge in [0.05, 0.1) is 5.35 Å². The van der Waals surface area contributed by atoms with E-state index >= 15 is 0 Å². The van der Waals surface area contributed by atoms with Gasteiger partial charge in [0, 0.05) is 29.7 Å². The maximum atomic E-state index is 4.92. The van der Waals surface area contributed by atoms with E-state index < -0.39 is 0 Å². The molecular formula is C20H34ClN3. The van der Waals surface area contributed by atoms with Crippen LogP contribution >= 0.6 is 12.4 Å². The smallest absolute Gasteiger partial charge is 0.152 e. The van der Waals surface area contributed by atoms with Crippen LogP contribution in [0.15, 0.2) is 11.1 Å². The van der Waals surface area contributed by atoms with Crippen LogP contribution in [0.3, 0.4) is 0 Å². The van der Waals surface area contributed by atoms with Gasteiger partial charge < -0.3 is 9.88 Å². The van der Waals surface area contributed by atoms with Gasteiger partial charge in [-0.05, 0) is 65.9 Å². The molecule has 1 saturated heterocycles. The van der Waals surface area contributed by atoms with Crippen molar-refractivity contribution in [3.05, 3.63) is 22.3 Å². The molecule has 1 N–H and O–H groups in total. The SMILES string of the molecule is CCCCc1cc(=C(C)C)/c(=C(\N=C(C)C)N2CCCCC2)[nH]1.Cl. The number of aryl methyl sites for hydroxylation is 1. The van der Waals surface area contributed by atoms with Gasteiger partial charge in [-0.15, -0.1) is 12.4 Å². The molecule has 4 heteroatoms. The number of nitrogens with one attached hydrogen (secondary N) is 1. The van der Waals surface area contributed by atoms with E-state index in [2.05, 4.69) is 50.6 Å². The summed E-state index contributed by atoms with van der Waals surface area (Å²) in [5.41, 5.74) is 3.82. The Bertz CT molecular complexity index is 656. The number of likely N-dealkylation sites (tertiary alicyclic amines) is 1. The van der Waals surface area contributed by atoms with Crippen molar-refractivity contribution in [3.63, 3.8) is 0 Å². The number of H-pyrrole nitrogens is 1. The molecule has 0 aromatic carbocycles. The average Bonchev–Trinajstić information content (AvgIpc) is 2.95. The number of aromatic amines is 1. The molecule has 2 heterocycles. The topological polar surface area (TPSA) is 31.4 Å². The molecule has 0 bridgehead atoms. The second-order valence-corrected chi connectivity index (χ2v) is 7.12. The number of piperidine rings is 1. The molecule has 0 spiro atoms. The van der Waals surface area contributed by atoms with Crippen molar-refractivity contribution in [2.45, 2.75) is 73.1 Å². The predicted octanol–water partition coefficient (Wildman–Crippen LogP) is 4.00. The second-order valence-electron chi connectivity index (χ2n) is 7.12. The zero-order valence-electron chi connectivity index (χ0n) is 16.0. The Morgan fingerprint density at radius 1 is 1.12 bits per heavy atom. The van der Waals surface area contributed by atoms with Crippen molar-refractivity contribution in [2.24, 2.45) is 4.99 Å². The first kappa shape index (κ1) is 20.8. The summed E-state index contributed by atoms with van der Waals surface area (Å²) in [6.07, 6.45) is 7.48. The van der Waals surface area contributed by atoms with Gasteiger partial charge in [0.25, 0.3) is 0 Å². The van der Waals surface area contributed by atoms with Crippen molar-refractivity contribution in [3.8, 4) is 0 Å². The lowest BCUT2D eigenvalue weighted by atomic mass is 10.1. The lowest BCUT2D eigenvalue weighted by Gasteiger charge is -2.28. The number of halogens is 1. The Morgan fingerprint density at radius 3 is 2.33 bits per heavy atom. The number of hydrogen-bond acceptors (Lipinski definition) is 2. The van der Waals surface area contributed by atoms with Crippen LogP contribution in [0.25, 0.3) is 11.4 Å². The molecule has 1 aliphatic heterocycles. The molecule has 0 amide bonds. The standard InChI is InChI=1S/C20H33N3.ClH/c1-6-7-11-17-14-18(15(2)3)19(22-17)20(21-16(4)5)23-12-9-8-10-13-23;/h14,22H,6-13H2,1-5H3;1H/b20-19-;. The summed E-state index contributed by atoms with van der Waals surface area (Å²) in [4.78, 5) is 11.1. The Balaban J connectivity index is 0.00000288. The molecular weight excluding hydrogens is 318 g/mol. The minimum atomic E-state index is 0. The van der Waals surface area contributed by atoms with Gasteiger partial charge >= 0.3 is 0 Å². The molecule has 0 unspecified atom stereocenters. The summed E-state index contributed by atoms with van der Waals surface area (Å²) in [6, 6.07) is 2.34. The fraction of sp³-hybridized carbons (Fsp3) is 0.650. The van der Waals surface area contributed by atoms with E-state index in [4.69, 9.17) is 4.99 Å². The molecule has 24 heavy (non-hydrogen) atoms. The van der Waals surface area contributed by atoms with E-state index in [9.17, 15) is 0 Å². The molecule has 2 rings (SSSR count). The summed E-state index contributed by atoms with van der Waals surface area (Å²) in [5.74, 6) is 1.14. The molecule has 0 radical (unpaired) electrons. The number of rotatable bonds is 5. The van der Waals surface area contributed by atoms with Gasteiger partial charge in [-0.1, -0.05) is 18.9 Å². The quantitative estimate of drug-likeness (QED) is 0.799. The Labute approximate surface area is 153 Å². The fourth-order valence-electron chi connectivity index (χ4n) is 3.19. The first-order chi connectivity index (χ1) is 11.0. The van der Waals surface area contributed by atoms with Gasteiger partial charge in [0.15, 0.2) is 5.82 Å². The molecule has 1 fully saturated rings. The highest BCUT2D eigenvalue weighted by atomic mass is 35.5. The number of aromatic nitrogens is 1. The third-order valence-electron chi connectivity index (χ3n) is 4.42. The second kappa shape index (κ2) is 9.93. The lowest BCUT2D eigenvalue weighted by molar-refractivity contribution is 0.319. The van der Waals surface area contributed by atoms with Crippen molar-refractivity contribution in [1.29, 1.82) is 0 Å². The van der Waals surface area contributed by atoms with Crippen LogP contribution < -0.4 is 10.6 Å². The van der Waals surface area contributed by atoms with Crippen LogP contribution in [0.5, 0.6) is 0 Å². The molecule has 0 saturated carbocycles. The highest BCUT2D eigenvalue weighted by molar-refractivity contribution is 5.85. The monoisotopic (exact) mass is 351 g/mol. The van der Waals surface area contributed by atoms with Gasteiger partial charge in [-0.2, -0.15) is 0 Å². The van der Waals surface area contributed by atoms with Crippen molar-refractivity contribution in [2.75, 3.05) is 13.1 Å². The van der Waals surface area contributed by atoms with Gasteiger partial charge in [0.1, 0.15) is 0 Å². The van der Waals surface area contributed by atoms with Crippen LogP contribution in [0.1, 0.15) is 72.4 Å². The highest BCUT2D eigenvalue weighted by Crippen LogP contribution is 2.15. The van der Waals surface area contributed by atoms with Crippen LogP contribution in [-0.2, 0) is 6.42 Å². The summed E-state index contributed by atoms with van der Waals surface area (Å²) < 4.78 is 0. The van der Waals surface area contributed by atoms with E-state index in [1.54, 1.807) is 0 Å². The van der Waals surface area contributed by atoms with Crippen LogP contribution in [0.2, 0.25) is 0 Å². The van der Waals surface area contributed by atoms with E-state index in [0.29, 0.717) is 0 Å². The summed E-state index contributed by atoms with van der Waals surface area (Å²) in [5, 5.41) is 2.56.